The van der Waals surface area contributed by atoms with Gasteiger partial charge in [0.15, 0.2) is 0 Å². The SMILES string of the molecule is Cc1cc(C)c(N)c(-n2cnnc2)c1. The van der Waals surface area contributed by atoms with Crippen molar-refractivity contribution in [2.45, 2.75) is 13.8 Å². The van der Waals surface area contributed by atoms with E-state index >= 15 is 0 Å². The van der Waals surface area contributed by atoms with E-state index in [0.29, 0.717) is 0 Å². The lowest BCUT2D eigenvalue weighted by Gasteiger charge is -2.09. The summed E-state index contributed by atoms with van der Waals surface area (Å²) in [7, 11) is 0. The summed E-state index contributed by atoms with van der Waals surface area (Å²) in [4.78, 5) is 0. The van der Waals surface area contributed by atoms with Crippen LogP contribution in [0.3, 0.4) is 0 Å². The monoisotopic (exact) mass is 188 g/mol. The van der Waals surface area contributed by atoms with Gasteiger partial charge in [0.25, 0.3) is 0 Å². The van der Waals surface area contributed by atoms with Gasteiger partial charge in [0, 0.05) is 0 Å². The predicted molar refractivity (Wildman–Crippen MR) is 55.2 cm³/mol. The van der Waals surface area contributed by atoms with E-state index in [1.54, 1.807) is 12.7 Å². The summed E-state index contributed by atoms with van der Waals surface area (Å²) >= 11 is 0. The number of hydrogen-bond acceptors (Lipinski definition) is 3. The minimum atomic E-state index is 0.774. The zero-order valence-electron chi connectivity index (χ0n) is 8.23. The summed E-state index contributed by atoms with van der Waals surface area (Å²) < 4.78 is 1.81. The number of hydrogen-bond donors (Lipinski definition) is 1. The smallest absolute Gasteiger partial charge is 0.123 e. The van der Waals surface area contributed by atoms with Crippen molar-refractivity contribution in [3.63, 3.8) is 0 Å². The molecule has 0 saturated heterocycles. The molecule has 0 saturated carbocycles. The molecule has 0 atom stereocenters. The quantitative estimate of drug-likeness (QED) is 0.689. The van der Waals surface area contributed by atoms with E-state index in [1.807, 2.05) is 24.5 Å². The zero-order valence-corrected chi connectivity index (χ0v) is 8.23. The second kappa shape index (κ2) is 3.14. The Kier molecular flexibility index (Phi) is 1.96. The number of benzene rings is 1. The first-order valence-electron chi connectivity index (χ1n) is 4.40. The van der Waals surface area contributed by atoms with Crippen LogP contribution in [-0.4, -0.2) is 14.8 Å². The van der Waals surface area contributed by atoms with E-state index in [-0.39, 0.29) is 0 Å². The zero-order chi connectivity index (χ0) is 10.1. The van der Waals surface area contributed by atoms with E-state index in [2.05, 4.69) is 16.3 Å². The molecule has 2 aromatic rings. The lowest BCUT2D eigenvalue weighted by molar-refractivity contribution is 1.05. The third-order valence-electron chi connectivity index (χ3n) is 2.21. The molecular formula is C10H12N4. The van der Waals surface area contributed by atoms with Gasteiger partial charge in [-0.05, 0) is 31.0 Å². The Morgan fingerprint density at radius 1 is 1.14 bits per heavy atom. The molecule has 2 N–H and O–H groups in total. The molecule has 1 aromatic carbocycles. The lowest BCUT2D eigenvalue weighted by Crippen LogP contribution is -2.00. The molecule has 1 aromatic heterocycles. The molecule has 4 heteroatoms. The van der Waals surface area contributed by atoms with Crippen LogP contribution >= 0.6 is 0 Å². The molecule has 0 unspecified atom stereocenters. The highest BCUT2D eigenvalue weighted by Crippen LogP contribution is 2.22. The van der Waals surface area contributed by atoms with Crippen LogP contribution in [0.1, 0.15) is 11.1 Å². The molecule has 4 nitrogen and oxygen atoms in total. The van der Waals surface area contributed by atoms with Gasteiger partial charge in [0.1, 0.15) is 12.7 Å². The summed E-state index contributed by atoms with van der Waals surface area (Å²) in [5.41, 5.74) is 9.94. The van der Waals surface area contributed by atoms with Gasteiger partial charge in [-0.15, -0.1) is 10.2 Å². The Bertz CT molecular complexity index is 445. The number of nitrogens with two attached hydrogens (primary N) is 1. The van der Waals surface area contributed by atoms with E-state index in [4.69, 9.17) is 5.73 Å². The number of aromatic nitrogens is 3. The molecule has 0 fully saturated rings. The highest BCUT2D eigenvalue weighted by Gasteiger charge is 2.04. The molecule has 1 heterocycles. The summed E-state index contributed by atoms with van der Waals surface area (Å²) in [5.74, 6) is 0. The number of rotatable bonds is 1. The van der Waals surface area contributed by atoms with Gasteiger partial charge in [-0.3, -0.25) is 4.57 Å². The highest BCUT2D eigenvalue weighted by molar-refractivity contribution is 5.63. The molecule has 0 aliphatic heterocycles. The maximum atomic E-state index is 5.97. The van der Waals surface area contributed by atoms with Gasteiger partial charge in [0.2, 0.25) is 0 Å². The average Bonchev–Trinajstić information content (AvgIpc) is 2.63. The average molecular weight is 188 g/mol. The number of aryl methyl sites for hydroxylation is 2. The molecule has 0 amide bonds. The summed E-state index contributed by atoms with van der Waals surface area (Å²) in [6.07, 6.45) is 3.29. The number of anilines is 1. The standard InChI is InChI=1S/C10H12N4/c1-7-3-8(2)10(11)9(4-7)14-5-12-13-6-14/h3-6H,11H2,1-2H3. The Labute approximate surface area is 82.4 Å². The van der Waals surface area contributed by atoms with Gasteiger partial charge in [-0.2, -0.15) is 0 Å². The van der Waals surface area contributed by atoms with Gasteiger partial charge < -0.3 is 5.73 Å². The molecule has 14 heavy (non-hydrogen) atoms. The first-order chi connectivity index (χ1) is 6.68. The second-order valence-electron chi connectivity index (χ2n) is 3.38. The molecule has 72 valence electrons. The Morgan fingerprint density at radius 2 is 1.79 bits per heavy atom. The van der Waals surface area contributed by atoms with Crippen LogP contribution in [0, 0.1) is 13.8 Å². The molecular weight excluding hydrogens is 176 g/mol. The van der Waals surface area contributed by atoms with Crippen molar-refractivity contribution >= 4 is 5.69 Å². The maximum Gasteiger partial charge on any atom is 0.123 e. The van der Waals surface area contributed by atoms with E-state index in [9.17, 15) is 0 Å². The lowest BCUT2D eigenvalue weighted by atomic mass is 10.1. The van der Waals surface area contributed by atoms with Crippen LogP contribution < -0.4 is 5.73 Å². The topological polar surface area (TPSA) is 56.7 Å². The third kappa shape index (κ3) is 1.35. The van der Waals surface area contributed by atoms with Crippen molar-refractivity contribution in [2.24, 2.45) is 0 Å². The van der Waals surface area contributed by atoms with Crippen molar-refractivity contribution in [3.05, 3.63) is 35.9 Å². The van der Waals surface area contributed by atoms with E-state index in [0.717, 1.165) is 16.9 Å². The molecule has 0 aliphatic rings. The van der Waals surface area contributed by atoms with Gasteiger partial charge >= 0.3 is 0 Å². The molecule has 0 bridgehead atoms. The van der Waals surface area contributed by atoms with Crippen LogP contribution in [0.2, 0.25) is 0 Å². The van der Waals surface area contributed by atoms with Crippen molar-refractivity contribution in [3.8, 4) is 5.69 Å². The normalized spacial score (nSPS) is 10.4. The second-order valence-corrected chi connectivity index (χ2v) is 3.38. The first-order valence-corrected chi connectivity index (χ1v) is 4.40. The number of nitrogen functional groups attached to an aromatic ring is 1. The van der Waals surface area contributed by atoms with Crippen molar-refractivity contribution in [2.75, 3.05) is 5.73 Å². The highest BCUT2D eigenvalue weighted by atomic mass is 15.2. The largest absolute Gasteiger partial charge is 0.397 e. The first kappa shape index (κ1) is 8.74. The van der Waals surface area contributed by atoms with Gasteiger partial charge in [-0.25, -0.2) is 0 Å². The minimum absolute atomic E-state index is 0.774. The Hall–Kier alpha value is -1.84. The number of nitrogens with zero attached hydrogens (tertiary/aromatic N) is 3. The molecule has 0 spiro atoms. The Morgan fingerprint density at radius 3 is 2.43 bits per heavy atom. The molecule has 0 aliphatic carbocycles. The fraction of sp³-hybridized carbons (Fsp3) is 0.200. The maximum absolute atomic E-state index is 5.97. The van der Waals surface area contributed by atoms with Crippen LogP contribution in [0.4, 0.5) is 5.69 Å². The van der Waals surface area contributed by atoms with Crippen molar-refractivity contribution in [1.82, 2.24) is 14.8 Å². The fourth-order valence-corrected chi connectivity index (χ4v) is 1.50. The van der Waals surface area contributed by atoms with Crippen LogP contribution in [0.25, 0.3) is 5.69 Å². The Balaban J connectivity index is 2.64. The van der Waals surface area contributed by atoms with Crippen molar-refractivity contribution < 1.29 is 0 Å². The molecule has 0 radical (unpaired) electrons. The van der Waals surface area contributed by atoms with Crippen molar-refractivity contribution in [1.29, 1.82) is 0 Å². The van der Waals surface area contributed by atoms with Crippen LogP contribution in [0.5, 0.6) is 0 Å². The van der Waals surface area contributed by atoms with Gasteiger partial charge in [-0.1, -0.05) is 6.07 Å². The van der Waals surface area contributed by atoms with Gasteiger partial charge in [0.05, 0.1) is 11.4 Å². The molecule has 2 rings (SSSR count). The van der Waals surface area contributed by atoms with E-state index in [1.165, 1.54) is 5.56 Å². The van der Waals surface area contributed by atoms with Crippen LogP contribution in [0.15, 0.2) is 24.8 Å². The summed E-state index contributed by atoms with van der Waals surface area (Å²) in [6, 6.07) is 4.08. The van der Waals surface area contributed by atoms with Crippen LogP contribution in [-0.2, 0) is 0 Å². The third-order valence-corrected chi connectivity index (χ3v) is 2.21. The van der Waals surface area contributed by atoms with E-state index < -0.39 is 0 Å². The predicted octanol–water partition coefficient (Wildman–Crippen LogP) is 1.47. The summed E-state index contributed by atoms with van der Waals surface area (Å²) in [5, 5.41) is 7.51. The summed E-state index contributed by atoms with van der Waals surface area (Å²) in [6.45, 7) is 4.04. The minimum Gasteiger partial charge on any atom is -0.397 e. The fourth-order valence-electron chi connectivity index (χ4n) is 1.50.